The van der Waals surface area contributed by atoms with Crippen LogP contribution in [0, 0.1) is 5.92 Å². The van der Waals surface area contributed by atoms with Crippen molar-refractivity contribution in [3.05, 3.63) is 24.8 Å². The van der Waals surface area contributed by atoms with E-state index >= 15 is 0 Å². The molecule has 0 fully saturated rings. The molecule has 0 aromatic rings. The molecule has 58 valence electrons. The van der Waals surface area contributed by atoms with Gasteiger partial charge in [-0.05, 0) is 19.3 Å². The minimum atomic E-state index is 0.123. The van der Waals surface area contributed by atoms with Gasteiger partial charge in [-0.3, -0.25) is 0 Å². The second-order valence-electron chi connectivity index (χ2n) is 2.87. The molecule has 2 atom stereocenters. The topological polar surface area (TPSA) is 26.0 Å². The minimum absolute atomic E-state index is 0.123. The highest BCUT2D eigenvalue weighted by molar-refractivity contribution is 5.02. The molecule has 0 amide bonds. The highest BCUT2D eigenvalue weighted by Gasteiger charge is 2.10. The van der Waals surface area contributed by atoms with Crippen molar-refractivity contribution in [2.45, 2.75) is 26.3 Å². The molecule has 2 unspecified atom stereocenters. The van der Waals surface area contributed by atoms with Gasteiger partial charge in [-0.15, -0.1) is 6.58 Å². The summed E-state index contributed by atoms with van der Waals surface area (Å²) in [6, 6.07) is 0.123. The predicted molar refractivity (Wildman–Crippen MR) is 46.8 cm³/mol. The quantitative estimate of drug-likeness (QED) is 0.593. The summed E-state index contributed by atoms with van der Waals surface area (Å²) < 4.78 is 0. The Bertz CT molecular complexity index is 127. The van der Waals surface area contributed by atoms with Crippen molar-refractivity contribution in [3.8, 4) is 0 Å². The summed E-state index contributed by atoms with van der Waals surface area (Å²) in [4.78, 5) is 0. The fourth-order valence-electron chi connectivity index (χ4n) is 0.895. The monoisotopic (exact) mass is 139 g/mol. The second-order valence-corrected chi connectivity index (χ2v) is 2.87. The lowest BCUT2D eigenvalue weighted by molar-refractivity contribution is 0.509. The van der Waals surface area contributed by atoms with Crippen LogP contribution in [0.2, 0.25) is 0 Å². The first-order valence-corrected chi connectivity index (χ1v) is 3.61. The molecular formula is C9H17N. The number of hydrogen-bond acceptors (Lipinski definition) is 1. The fraction of sp³-hybridized carbons (Fsp3) is 0.556. The zero-order valence-corrected chi connectivity index (χ0v) is 6.93. The first-order chi connectivity index (χ1) is 4.59. The van der Waals surface area contributed by atoms with Gasteiger partial charge in [0.2, 0.25) is 0 Å². The highest BCUT2D eigenvalue weighted by Crippen LogP contribution is 2.11. The molecule has 0 radical (unpaired) electrons. The summed E-state index contributed by atoms with van der Waals surface area (Å²) in [5, 5.41) is 0. The van der Waals surface area contributed by atoms with Crippen molar-refractivity contribution >= 4 is 0 Å². The van der Waals surface area contributed by atoms with E-state index in [0.717, 1.165) is 12.0 Å². The third-order valence-corrected chi connectivity index (χ3v) is 1.72. The molecule has 0 aromatic heterocycles. The largest absolute Gasteiger partial charge is 0.324 e. The van der Waals surface area contributed by atoms with E-state index in [2.05, 4.69) is 20.1 Å². The maximum atomic E-state index is 5.80. The normalized spacial score (nSPS) is 15.9. The Kier molecular flexibility index (Phi) is 4.05. The summed E-state index contributed by atoms with van der Waals surface area (Å²) >= 11 is 0. The molecule has 0 saturated carbocycles. The minimum Gasteiger partial charge on any atom is -0.324 e. The molecule has 0 saturated heterocycles. The van der Waals surface area contributed by atoms with Crippen LogP contribution in [-0.2, 0) is 0 Å². The third kappa shape index (κ3) is 2.83. The number of allylic oxidation sites excluding steroid dienone is 1. The van der Waals surface area contributed by atoms with Crippen LogP contribution in [-0.4, -0.2) is 6.04 Å². The van der Waals surface area contributed by atoms with Crippen LogP contribution < -0.4 is 5.73 Å². The molecule has 1 nitrogen and oxygen atoms in total. The van der Waals surface area contributed by atoms with Crippen LogP contribution in [0.25, 0.3) is 0 Å². The number of rotatable bonds is 4. The summed E-state index contributed by atoms with van der Waals surface area (Å²) in [5.74, 6) is 0.468. The van der Waals surface area contributed by atoms with E-state index < -0.39 is 0 Å². The van der Waals surface area contributed by atoms with Gasteiger partial charge in [-0.25, -0.2) is 0 Å². The van der Waals surface area contributed by atoms with Crippen molar-refractivity contribution in [3.63, 3.8) is 0 Å². The summed E-state index contributed by atoms with van der Waals surface area (Å²) in [7, 11) is 0. The van der Waals surface area contributed by atoms with E-state index in [0.29, 0.717) is 5.92 Å². The van der Waals surface area contributed by atoms with Crippen molar-refractivity contribution in [2.24, 2.45) is 11.7 Å². The van der Waals surface area contributed by atoms with Gasteiger partial charge in [0.05, 0.1) is 0 Å². The van der Waals surface area contributed by atoms with Crippen molar-refractivity contribution in [1.29, 1.82) is 0 Å². The molecule has 0 bridgehead atoms. The number of nitrogens with two attached hydrogens (primary N) is 1. The van der Waals surface area contributed by atoms with Gasteiger partial charge in [0.15, 0.2) is 0 Å². The van der Waals surface area contributed by atoms with Crippen molar-refractivity contribution in [1.82, 2.24) is 0 Å². The van der Waals surface area contributed by atoms with Gasteiger partial charge in [-0.1, -0.05) is 25.2 Å². The Labute approximate surface area is 63.6 Å². The Hall–Kier alpha value is -0.560. The molecule has 0 heterocycles. The van der Waals surface area contributed by atoms with E-state index in [9.17, 15) is 0 Å². The first-order valence-electron chi connectivity index (χ1n) is 3.61. The van der Waals surface area contributed by atoms with Gasteiger partial charge in [0, 0.05) is 6.04 Å². The van der Waals surface area contributed by atoms with Crippen molar-refractivity contribution < 1.29 is 0 Å². The zero-order valence-electron chi connectivity index (χ0n) is 6.93. The zero-order chi connectivity index (χ0) is 8.15. The molecule has 0 aliphatic carbocycles. The van der Waals surface area contributed by atoms with Gasteiger partial charge < -0.3 is 5.73 Å². The smallest absolute Gasteiger partial charge is 0.0277 e. The molecule has 0 spiro atoms. The Morgan fingerprint density at radius 1 is 1.70 bits per heavy atom. The van der Waals surface area contributed by atoms with Crippen molar-refractivity contribution in [2.75, 3.05) is 0 Å². The van der Waals surface area contributed by atoms with Crippen LogP contribution in [0.1, 0.15) is 20.3 Å². The molecule has 0 rings (SSSR count). The van der Waals surface area contributed by atoms with Crippen LogP contribution in [0.5, 0.6) is 0 Å². The molecule has 0 aliphatic heterocycles. The molecule has 0 aliphatic rings. The van der Waals surface area contributed by atoms with Crippen LogP contribution in [0.4, 0.5) is 0 Å². The maximum absolute atomic E-state index is 5.80. The Morgan fingerprint density at radius 3 is 2.50 bits per heavy atom. The number of hydrogen-bond donors (Lipinski definition) is 1. The van der Waals surface area contributed by atoms with Gasteiger partial charge in [-0.2, -0.15) is 0 Å². The van der Waals surface area contributed by atoms with Gasteiger partial charge >= 0.3 is 0 Å². The standard InChI is InChI=1S/C9H17N/c1-5-6-8(4)9(10)7(2)3/h5,8-9H,1-2,6,10H2,3-4H3. The average molecular weight is 139 g/mol. The van der Waals surface area contributed by atoms with Crippen LogP contribution in [0.3, 0.4) is 0 Å². The fourth-order valence-corrected chi connectivity index (χ4v) is 0.895. The highest BCUT2D eigenvalue weighted by atomic mass is 14.6. The molecule has 10 heavy (non-hydrogen) atoms. The van der Waals surface area contributed by atoms with Crippen LogP contribution >= 0.6 is 0 Å². The second kappa shape index (κ2) is 4.29. The lowest BCUT2D eigenvalue weighted by Crippen LogP contribution is -2.28. The molecule has 2 N–H and O–H groups in total. The van der Waals surface area contributed by atoms with E-state index in [-0.39, 0.29) is 6.04 Å². The van der Waals surface area contributed by atoms with E-state index in [1.165, 1.54) is 0 Å². The average Bonchev–Trinajstić information content (AvgIpc) is 1.87. The summed E-state index contributed by atoms with van der Waals surface area (Å²) in [6.07, 6.45) is 2.86. The molecule has 1 heteroatoms. The maximum Gasteiger partial charge on any atom is 0.0277 e. The predicted octanol–water partition coefficient (Wildman–Crippen LogP) is 2.10. The van der Waals surface area contributed by atoms with Gasteiger partial charge in [0.25, 0.3) is 0 Å². The Morgan fingerprint density at radius 2 is 2.20 bits per heavy atom. The summed E-state index contributed by atoms with van der Waals surface area (Å²) in [5.41, 5.74) is 6.85. The summed E-state index contributed by atoms with van der Waals surface area (Å²) in [6.45, 7) is 11.5. The van der Waals surface area contributed by atoms with E-state index in [1.54, 1.807) is 0 Å². The van der Waals surface area contributed by atoms with Gasteiger partial charge in [0.1, 0.15) is 0 Å². The Balaban J connectivity index is 3.80. The van der Waals surface area contributed by atoms with Crippen LogP contribution in [0.15, 0.2) is 24.8 Å². The lowest BCUT2D eigenvalue weighted by Gasteiger charge is -2.17. The van der Waals surface area contributed by atoms with E-state index in [4.69, 9.17) is 5.73 Å². The lowest BCUT2D eigenvalue weighted by atomic mass is 9.94. The molecular weight excluding hydrogens is 122 g/mol. The SMILES string of the molecule is C=CCC(C)C(N)C(=C)C. The van der Waals surface area contributed by atoms with E-state index in [1.807, 2.05) is 13.0 Å². The first kappa shape index (κ1) is 9.44. The molecule has 0 aromatic carbocycles. The third-order valence-electron chi connectivity index (χ3n) is 1.72.